The summed E-state index contributed by atoms with van der Waals surface area (Å²) in [5.74, 6) is 6.04. The first-order chi connectivity index (χ1) is 7.29. The van der Waals surface area contributed by atoms with E-state index in [2.05, 4.69) is 29.0 Å². The van der Waals surface area contributed by atoms with Crippen molar-refractivity contribution in [2.45, 2.75) is 13.3 Å². The third kappa shape index (κ3) is 2.41. The minimum atomic E-state index is 0.767. The molecule has 0 aliphatic carbocycles. The van der Waals surface area contributed by atoms with Crippen LogP contribution in [0.25, 0.3) is 0 Å². The summed E-state index contributed by atoms with van der Waals surface area (Å²) in [6.45, 7) is 2.11. The summed E-state index contributed by atoms with van der Waals surface area (Å²) in [5.41, 5.74) is 1.77. The van der Waals surface area contributed by atoms with E-state index >= 15 is 0 Å². The minimum Gasteiger partial charge on any atom is -0.284 e. The van der Waals surface area contributed by atoms with E-state index in [9.17, 15) is 0 Å². The maximum Gasteiger partial charge on any atom is 0.109 e. The molecule has 0 aromatic carbocycles. The number of nitrogens with one attached hydrogen (secondary N) is 1. The molecule has 2 heterocycles. The van der Waals surface area contributed by atoms with Gasteiger partial charge in [0.05, 0.1) is 17.3 Å². The van der Waals surface area contributed by atoms with Gasteiger partial charge in [-0.1, -0.05) is 30.4 Å². The molecule has 0 atom stereocenters. The highest BCUT2D eigenvalue weighted by Crippen LogP contribution is 2.27. The van der Waals surface area contributed by atoms with Crippen molar-refractivity contribution in [1.82, 2.24) is 10.2 Å². The van der Waals surface area contributed by atoms with Crippen LogP contribution in [0.4, 0.5) is 0 Å². The maximum absolute atomic E-state index is 6.06. The fraction of sp³-hybridized carbons (Fsp3) is 0.182. The molecule has 15 heavy (non-hydrogen) atoms. The largest absolute Gasteiger partial charge is 0.284 e. The van der Waals surface area contributed by atoms with Gasteiger partial charge >= 0.3 is 0 Å². The van der Waals surface area contributed by atoms with Gasteiger partial charge in [-0.05, 0) is 12.5 Å². The Hall–Kier alpha value is -1.24. The lowest BCUT2D eigenvalue weighted by atomic mass is 10.2. The standard InChI is InChI=1S/C11H9ClN2S/c1-2-10-5-9(11(12)15-10)4-3-8-6-13-14-7-8/h5-7H,2H2,1H3,(H,13,14). The van der Waals surface area contributed by atoms with Crippen LogP contribution in [0.2, 0.25) is 4.34 Å². The minimum absolute atomic E-state index is 0.767. The highest BCUT2D eigenvalue weighted by molar-refractivity contribution is 7.16. The van der Waals surface area contributed by atoms with Gasteiger partial charge in [0.2, 0.25) is 0 Å². The second-order valence-corrected chi connectivity index (χ2v) is 4.73. The molecule has 0 spiro atoms. The number of halogens is 1. The Kier molecular flexibility index (Phi) is 3.10. The van der Waals surface area contributed by atoms with Gasteiger partial charge in [0.15, 0.2) is 0 Å². The van der Waals surface area contributed by atoms with Gasteiger partial charge in [0.1, 0.15) is 4.34 Å². The van der Waals surface area contributed by atoms with Crippen molar-refractivity contribution in [2.24, 2.45) is 0 Å². The summed E-state index contributed by atoms with van der Waals surface area (Å²) < 4.78 is 0.767. The fourth-order valence-electron chi connectivity index (χ4n) is 1.14. The number of hydrogen-bond donors (Lipinski definition) is 1. The van der Waals surface area contributed by atoms with Crippen LogP contribution in [0.1, 0.15) is 22.9 Å². The first kappa shape index (κ1) is 10.3. The second kappa shape index (κ2) is 4.52. The highest BCUT2D eigenvalue weighted by Gasteiger charge is 2.02. The van der Waals surface area contributed by atoms with Crippen LogP contribution in [0.15, 0.2) is 18.5 Å². The molecule has 2 nitrogen and oxygen atoms in total. The molecule has 0 bridgehead atoms. The van der Waals surface area contributed by atoms with E-state index in [0.29, 0.717) is 0 Å². The fourth-order valence-corrected chi connectivity index (χ4v) is 2.31. The Bertz CT molecular complexity index is 502. The number of nitrogens with zero attached hydrogens (tertiary/aromatic N) is 1. The number of aromatic nitrogens is 2. The normalized spacial score (nSPS) is 9.73. The lowest BCUT2D eigenvalue weighted by Gasteiger charge is -1.81. The third-order valence-corrected chi connectivity index (χ3v) is 3.43. The van der Waals surface area contributed by atoms with Crippen LogP contribution in [0.3, 0.4) is 0 Å². The van der Waals surface area contributed by atoms with E-state index in [1.165, 1.54) is 4.88 Å². The Morgan fingerprint density at radius 2 is 2.40 bits per heavy atom. The van der Waals surface area contributed by atoms with Crippen molar-refractivity contribution in [2.75, 3.05) is 0 Å². The number of thiophene rings is 1. The molecule has 0 saturated carbocycles. The number of aromatic amines is 1. The molecule has 0 aliphatic heterocycles. The molecule has 4 heteroatoms. The zero-order chi connectivity index (χ0) is 10.7. The van der Waals surface area contributed by atoms with Crippen molar-refractivity contribution >= 4 is 22.9 Å². The maximum atomic E-state index is 6.06. The van der Waals surface area contributed by atoms with Crippen LogP contribution in [0.5, 0.6) is 0 Å². The summed E-state index contributed by atoms with van der Waals surface area (Å²) in [6.07, 6.45) is 4.44. The number of aryl methyl sites for hydroxylation is 1. The lowest BCUT2D eigenvalue weighted by molar-refractivity contribution is 1.09. The summed E-state index contributed by atoms with van der Waals surface area (Å²) in [4.78, 5) is 1.26. The van der Waals surface area contributed by atoms with E-state index in [-0.39, 0.29) is 0 Å². The highest BCUT2D eigenvalue weighted by atomic mass is 35.5. The van der Waals surface area contributed by atoms with Gasteiger partial charge in [0.25, 0.3) is 0 Å². The number of rotatable bonds is 1. The Morgan fingerprint density at radius 1 is 1.53 bits per heavy atom. The molecule has 0 radical (unpaired) electrons. The summed E-state index contributed by atoms with van der Waals surface area (Å²) in [6, 6.07) is 2.04. The predicted molar refractivity (Wildman–Crippen MR) is 63.3 cm³/mol. The molecule has 0 unspecified atom stereocenters. The molecule has 1 N–H and O–H groups in total. The average molecular weight is 237 g/mol. The van der Waals surface area contributed by atoms with Crippen LogP contribution >= 0.6 is 22.9 Å². The molecule has 2 rings (SSSR count). The third-order valence-electron chi connectivity index (χ3n) is 1.93. The van der Waals surface area contributed by atoms with E-state index in [1.807, 2.05) is 6.07 Å². The molecule has 2 aromatic rings. The van der Waals surface area contributed by atoms with Gasteiger partial charge in [-0.3, -0.25) is 5.10 Å². The summed E-state index contributed by atoms with van der Waals surface area (Å²) in [7, 11) is 0. The zero-order valence-electron chi connectivity index (χ0n) is 8.17. The van der Waals surface area contributed by atoms with Gasteiger partial charge in [-0.25, -0.2) is 0 Å². The van der Waals surface area contributed by atoms with Crippen LogP contribution in [-0.4, -0.2) is 10.2 Å². The van der Waals surface area contributed by atoms with Crippen molar-refractivity contribution < 1.29 is 0 Å². The molecular weight excluding hydrogens is 228 g/mol. The lowest BCUT2D eigenvalue weighted by Crippen LogP contribution is -1.70. The van der Waals surface area contributed by atoms with E-state index in [4.69, 9.17) is 11.6 Å². The van der Waals surface area contributed by atoms with Crippen molar-refractivity contribution in [3.05, 3.63) is 38.8 Å². The topological polar surface area (TPSA) is 28.7 Å². The van der Waals surface area contributed by atoms with E-state index in [0.717, 1.165) is 21.9 Å². The predicted octanol–water partition coefficient (Wildman–Crippen LogP) is 3.09. The van der Waals surface area contributed by atoms with Crippen molar-refractivity contribution in [3.63, 3.8) is 0 Å². The van der Waals surface area contributed by atoms with Crippen molar-refractivity contribution in [1.29, 1.82) is 0 Å². The number of H-pyrrole nitrogens is 1. The Morgan fingerprint density at radius 3 is 3.00 bits per heavy atom. The molecular formula is C11H9ClN2S. The molecule has 2 aromatic heterocycles. The second-order valence-electron chi connectivity index (χ2n) is 2.99. The molecule has 0 saturated heterocycles. The molecule has 0 fully saturated rings. The molecule has 76 valence electrons. The van der Waals surface area contributed by atoms with Crippen LogP contribution in [-0.2, 0) is 6.42 Å². The summed E-state index contributed by atoms with van der Waals surface area (Å²) in [5, 5.41) is 6.53. The van der Waals surface area contributed by atoms with Gasteiger partial charge in [-0.15, -0.1) is 11.3 Å². The zero-order valence-corrected chi connectivity index (χ0v) is 9.75. The Labute approximate surface area is 97.3 Å². The Balaban J connectivity index is 2.27. The van der Waals surface area contributed by atoms with Crippen molar-refractivity contribution in [3.8, 4) is 11.8 Å². The molecule has 0 aliphatic rings. The van der Waals surface area contributed by atoms with E-state index in [1.54, 1.807) is 23.7 Å². The first-order valence-electron chi connectivity index (χ1n) is 4.58. The SMILES string of the molecule is CCc1cc(C#Cc2cn[nH]c2)c(Cl)s1. The van der Waals surface area contributed by atoms with Crippen LogP contribution < -0.4 is 0 Å². The quantitative estimate of drug-likeness (QED) is 0.758. The van der Waals surface area contributed by atoms with Crippen LogP contribution in [0, 0.1) is 11.8 Å². The van der Waals surface area contributed by atoms with Gasteiger partial charge in [-0.2, -0.15) is 5.10 Å². The smallest absolute Gasteiger partial charge is 0.109 e. The number of hydrogen-bond acceptors (Lipinski definition) is 2. The van der Waals surface area contributed by atoms with Gasteiger partial charge < -0.3 is 0 Å². The monoisotopic (exact) mass is 236 g/mol. The average Bonchev–Trinajstić information content (AvgIpc) is 2.84. The first-order valence-corrected chi connectivity index (χ1v) is 5.78. The van der Waals surface area contributed by atoms with E-state index < -0.39 is 0 Å². The van der Waals surface area contributed by atoms with Gasteiger partial charge in [0, 0.05) is 11.1 Å². The summed E-state index contributed by atoms with van der Waals surface area (Å²) >= 11 is 7.65. The molecule has 0 amide bonds.